The van der Waals surface area contributed by atoms with Gasteiger partial charge in [0, 0.05) is 29.4 Å². The van der Waals surface area contributed by atoms with Crippen molar-refractivity contribution in [2.45, 2.75) is 12.8 Å². The Hall–Kier alpha value is -2.48. The molecule has 0 heterocycles. The highest BCUT2D eigenvalue weighted by molar-refractivity contribution is 6.25. The van der Waals surface area contributed by atoms with Gasteiger partial charge in [0.25, 0.3) is 0 Å². The molecule has 0 aromatic heterocycles. The van der Waals surface area contributed by atoms with Crippen LogP contribution in [-0.2, 0) is 0 Å². The van der Waals surface area contributed by atoms with Crippen molar-refractivity contribution in [3.05, 3.63) is 59.7 Å². The van der Waals surface area contributed by atoms with Crippen molar-refractivity contribution in [3.63, 3.8) is 0 Å². The van der Waals surface area contributed by atoms with E-state index in [-0.39, 0.29) is 11.6 Å². The number of benzene rings is 3. The number of fused-ring (bicyclic) bond motifs is 5. The Morgan fingerprint density at radius 2 is 1.40 bits per heavy atom. The lowest BCUT2D eigenvalue weighted by Gasteiger charge is -2.17. The van der Waals surface area contributed by atoms with Gasteiger partial charge in [0.1, 0.15) is 0 Å². The first-order valence-corrected chi connectivity index (χ1v) is 6.76. The molecule has 0 saturated carbocycles. The van der Waals surface area contributed by atoms with Crippen molar-refractivity contribution in [1.82, 2.24) is 0 Å². The summed E-state index contributed by atoms with van der Waals surface area (Å²) in [6.45, 7) is 0. The van der Waals surface area contributed by atoms with Gasteiger partial charge in [-0.25, -0.2) is 0 Å². The van der Waals surface area contributed by atoms with Crippen LogP contribution in [0.1, 0.15) is 33.6 Å². The fraction of sp³-hybridized carbons (Fsp3) is 0.111. The van der Waals surface area contributed by atoms with E-state index in [0.29, 0.717) is 24.0 Å². The van der Waals surface area contributed by atoms with Crippen molar-refractivity contribution in [1.29, 1.82) is 0 Å². The molecule has 3 aromatic carbocycles. The minimum atomic E-state index is 0.0782. The largest absolute Gasteiger partial charge is 0.294 e. The summed E-state index contributed by atoms with van der Waals surface area (Å²) in [6, 6.07) is 15.8. The van der Waals surface area contributed by atoms with E-state index in [4.69, 9.17) is 0 Å². The number of rotatable bonds is 0. The lowest BCUT2D eigenvalue weighted by molar-refractivity contribution is 0.0892. The van der Waals surface area contributed by atoms with Gasteiger partial charge in [-0.05, 0) is 16.2 Å². The third-order valence-electron chi connectivity index (χ3n) is 4.07. The van der Waals surface area contributed by atoms with E-state index in [0.717, 1.165) is 21.5 Å². The van der Waals surface area contributed by atoms with Crippen LogP contribution in [0.3, 0.4) is 0 Å². The van der Waals surface area contributed by atoms with Gasteiger partial charge in [-0.1, -0.05) is 48.5 Å². The molecule has 0 saturated heterocycles. The van der Waals surface area contributed by atoms with Gasteiger partial charge < -0.3 is 0 Å². The number of ketones is 2. The van der Waals surface area contributed by atoms with Crippen molar-refractivity contribution < 1.29 is 9.59 Å². The van der Waals surface area contributed by atoms with E-state index >= 15 is 0 Å². The fourth-order valence-corrected chi connectivity index (χ4v) is 3.11. The Kier molecular flexibility index (Phi) is 2.27. The Morgan fingerprint density at radius 3 is 2.30 bits per heavy atom. The molecular formula is C18H12O2. The van der Waals surface area contributed by atoms with Gasteiger partial charge in [0.05, 0.1) is 0 Å². The molecule has 0 N–H and O–H groups in total. The maximum atomic E-state index is 12.3. The summed E-state index contributed by atoms with van der Waals surface area (Å²) >= 11 is 0. The summed E-state index contributed by atoms with van der Waals surface area (Å²) in [5.41, 5.74) is 1.21. The molecular weight excluding hydrogens is 248 g/mol. The minimum Gasteiger partial charge on any atom is -0.294 e. The van der Waals surface area contributed by atoms with E-state index in [1.807, 2.05) is 36.4 Å². The molecule has 2 nitrogen and oxygen atoms in total. The molecule has 0 amide bonds. The monoisotopic (exact) mass is 260 g/mol. The lowest BCUT2D eigenvalue weighted by Crippen LogP contribution is -2.17. The summed E-state index contributed by atoms with van der Waals surface area (Å²) in [6.07, 6.45) is 0.663. The molecule has 20 heavy (non-hydrogen) atoms. The third kappa shape index (κ3) is 1.45. The van der Waals surface area contributed by atoms with Crippen molar-refractivity contribution >= 4 is 33.1 Å². The van der Waals surface area contributed by atoms with E-state index in [2.05, 4.69) is 6.07 Å². The second-order valence-corrected chi connectivity index (χ2v) is 5.22. The molecule has 4 rings (SSSR count). The normalized spacial score (nSPS) is 14.8. The third-order valence-corrected chi connectivity index (χ3v) is 4.07. The molecule has 1 aliphatic rings. The summed E-state index contributed by atoms with van der Waals surface area (Å²) in [5.74, 6) is 0.163. The van der Waals surface area contributed by atoms with Gasteiger partial charge in [-0.3, -0.25) is 9.59 Å². The highest BCUT2D eigenvalue weighted by Gasteiger charge is 2.26. The summed E-state index contributed by atoms with van der Waals surface area (Å²) in [5, 5.41) is 4.09. The zero-order valence-corrected chi connectivity index (χ0v) is 10.8. The first kappa shape index (κ1) is 11.4. The number of carbonyl (C=O) groups excluding carboxylic acids is 2. The zero-order chi connectivity index (χ0) is 13.7. The average molecular weight is 260 g/mol. The lowest BCUT2D eigenvalue weighted by atomic mass is 9.84. The Balaban J connectivity index is 2.27. The number of hydrogen-bond donors (Lipinski definition) is 0. The van der Waals surface area contributed by atoms with Crippen LogP contribution in [0.25, 0.3) is 21.5 Å². The zero-order valence-electron chi connectivity index (χ0n) is 10.8. The fourth-order valence-electron chi connectivity index (χ4n) is 3.11. The Labute approximate surface area is 116 Å². The van der Waals surface area contributed by atoms with E-state index in [1.165, 1.54) is 0 Å². The first-order chi connectivity index (χ1) is 9.75. The van der Waals surface area contributed by atoms with E-state index in [9.17, 15) is 9.59 Å². The van der Waals surface area contributed by atoms with Gasteiger partial charge >= 0.3 is 0 Å². The van der Waals surface area contributed by atoms with E-state index in [1.54, 1.807) is 6.07 Å². The van der Waals surface area contributed by atoms with Gasteiger partial charge in [0.15, 0.2) is 11.6 Å². The summed E-state index contributed by atoms with van der Waals surface area (Å²) in [4.78, 5) is 24.4. The first-order valence-electron chi connectivity index (χ1n) is 6.76. The molecule has 0 atom stereocenters. The molecule has 0 unspecified atom stereocenters. The molecule has 0 fully saturated rings. The Bertz CT molecular complexity index is 890. The average Bonchev–Trinajstić information content (AvgIpc) is 2.50. The van der Waals surface area contributed by atoms with Crippen LogP contribution in [0.15, 0.2) is 48.5 Å². The molecule has 1 aliphatic carbocycles. The van der Waals surface area contributed by atoms with Crippen LogP contribution in [-0.4, -0.2) is 11.6 Å². The van der Waals surface area contributed by atoms with Crippen molar-refractivity contribution in [2.24, 2.45) is 0 Å². The Morgan fingerprint density at radius 1 is 0.700 bits per heavy atom. The predicted molar refractivity (Wildman–Crippen MR) is 79.3 cm³/mol. The van der Waals surface area contributed by atoms with Crippen molar-refractivity contribution in [3.8, 4) is 0 Å². The van der Waals surface area contributed by atoms with Crippen LogP contribution < -0.4 is 0 Å². The smallest absolute Gasteiger partial charge is 0.164 e. The number of carbonyl (C=O) groups is 2. The maximum absolute atomic E-state index is 12.3. The van der Waals surface area contributed by atoms with Crippen LogP contribution >= 0.6 is 0 Å². The predicted octanol–water partition coefficient (Wildman–Crippen LogP) is 4.15. The van der Waals surface area contributed by atoms with Crippen LogP contribution in [0.4, 0.5) is 0 Å². The molecule has 3 aromatic rings. The molecule has 96 valence electrons. The maximum Gasteiger partial charge on any atom is 0.164 e. The second kappa shape index (κ2) is 4.01. The van der Waals surface area contributed by atoms with Crippen molar-refractivity contribution in [2.75, 3.05) is 0 Å². The van der Waals surface area contributed by atoms with Gasteiger partial charge in [-0.2, -0.15) is 0 Å². The highest BCUT2D eigenvalue weighted by atomic mass is 16.1. The van der Waals surface area contributed by atoms with Gasteiger partial charge in [0.2, 0.25) is 0 Å². The highest BCUT2D eigenvalue weighted by Crippen LogP contribution is 2.34. The minimum absolute atomic E-state index is 0.0782. The quantitative estimate of drug-likeness (QED) is 0.569. The van der Waals surface area contributed by atoms with Crippen LogP contribution in [0, 0.1) is 0 Å². The topological polar surface area (TPSA) is 34.1 Å². The second-order valence-electron chi connectivity index (χ2n) is 5.22. The number of Topliss-reactive ketones (excluding diaryl/α,β-unsaturated/α-hetero) is 2. The summed E-state index contributed by atoms with van der Waals surface area (Å²) < 4.78 is 0. The number of hydrogen-bond acceptors (Lipinski definition) is 2. The molecule has 0 bridgehead atoms. The summed E-state index contributed by atoms with van der Waals surface area (Å²) in [7, 11) is 0. The molecule has 0 spiro atoms. The standard InChI is InChI=1S/C18H12O2/c19-15-9-10-16(20)18-14(15)8-7-12-6-5-11-3-1-2-4-13(11)17(12)18/h1-8H,9-10H2. The molecule has 0 aliphatic heterocycles. The molecule has 2 heteroatoms. The van der Waals surface area contributed by atoms with E-state index < -0.39 is 0 Å². The SMILES string of the molecule is O=C1CCC(=O)c2c1ccc1ccc3ccccc3c21. The van der Waals surface area contributed by atoms with Gasteiger partial charge in [-0.15, -0.1) is 0 Å². The molecule has 0 radical (unpaired) electrons. The van der Waals surface area contributed by atoms with Crippen LogP contribution in [0.2, 0.25) is 0 Å². The van der Waals surface area contributed by atoms with Crippen LogP contribution in [0.5, 0.6) is 0 Å².